The van der Waals surface area contributed by atoms with Gasteiger partial charge in [0.1, 0.15) is 5.82 Å². The molecule has 2 fully saturated rings. The molecular weight excluding hydrogens is 309 g/mol. The number of benzene rings is 1. The van der Waals surface area contributed by atoms with Crippen LogP contribution in [0.25, 0.3) is 0 Å². The maximum absolute atomic E-state index is 13.3. The minimum Gasteiger partial charge on any atom is -0.376 e. The summed E-state index contributed by atoms with van der Waals surface area (Å²) >= 11 is 0. The van der Waals surface area contributed by atoms with E-state index in [1.807, 2.05) is 16.8 Å². The van der Waals surface area contributed by atoms with Gasteiger partial charge in [0, 0.05) is 6.61 Å². The van der Waals surface area contributed by atoms with Gasteiger partial charge in [0.15, 0.2) is 5.82 Å². The Morgan fingerprint density at radius 1 is 1.17 bits per heavy atom. The zero-order valence-corrected chi connectivity index (χ0v) is 13.6. The average molecular weight is 331 g/mol. The van der Waals surface area contributed by atoms with Gasteiger partial charge in [-0.2, -0.15) is 0 Å². The van der Waals surface area contributed by atoms with Crippen LogP contribution in [0.5, 0.6) is 0 Å². The maximum atomic E-state index is 13.3. The fourth-order valence-electron chi connectivity index (χ4n) is 3.69. The molecule has 6 nitrogen and oxygen atoms in total. The molecule has 0 saturated carbocycles. The van der Waals surface area contributed by atoms with E-state index in [0.29, 0.717) is 6.54 Å². The van der Waals surface area contributed by atoms with Crippen molar-refractivity contribution in [2.75, 3.05) is 19.7 Å². The third kappa shape index (κ3) is 3.18. The molecule has 3 heterocycles. The monoisotopic (exact) mass is 331 g/mol. The van der Waals surface area contributed by atoms with E-state index in [9.17, 15) is 4.39 Å². The maximum Gasteiger partial charge on any atom is 0.173 e. The summed E-state index contributed by atoms with van der Waals surface area (Å²) in [6, 6.07) is 6.65. The molecule has 1 aromatic heterocycles. The molecule has 0 aliphatic carbocycles. The summed E-state index contributed by atoms with van der Waals surface area (Å²) in [5.41, 5.74) is 1.03. The third-order valence-corrected chi connectivity index (χ3v) is 4.90. The number of halogens is 1. The standard InChI is InChI=1S/C17H22FN5O/c18-14-7-5-13(6-8-14)16(22-9-1-2-10-22)17-19-20-21-23(17)12-15-4-3-11-24-15/h5-8,15-16H,1-4,9-12H2. The number of rotatable bonds is 5. The van der Waals surface area contributed by atoms with Crippen LogP contribution in [0.1, 0.15) is 43.1 Å². The summed E-state index contributed by atoms with van der Waals surface area (Å²) < 4.78 is 20.9. The highest BCUT2D eigenvalue weighted by molar-refractivity contribution is 5.25. The number of ether oxygens (including phenoxy) is 1. The van der Waals surface area contributed by atoms with Crippen LogP contribution in [0.15, 0.2) is 24.3 Å². The summed E-state index contributed by atoms with van der Waals surface area (Å²) in [6.07, 6.45) is 4.66. The van der Waals surface area contributed by atoms with Crippen molar-refractivity contribution in [3.05, 3.63) is 41.5 Å². The van der Waals surface area contributed by atoms with Crippen LogP contribution < -0.4 is 0 Å². The molecule has 1 aromatic carbocycles. The Morgan fingerprint density at radius 3 is 2.67 bits per heavy atom. The molecule has 7 heteroatoms. The first kappa shape index (κ1) is 15.7. The first-order chi connectivity index (χ1) is 11.8. The Labute approximate surface area is 140 Å². The second-order valence-electron chi connectivity index (χ2n) is 6.55. The highest BCUT2D eigenvalue weighted by Gasteiger charge is 2.30. The first-order valence-electron chi connectivity index (χ1n) is 8.68. The number of hydrogen-bond acceptors (Lipinski definition) is 5. The molecule has 2 aliphatic rings. The number of tetrazole rings is 1. The zero-order chi connectivity index (χ0) is 16.4. The van der Waals surface area contributed by atoms with Gasteiger partial charge in [0.2, 0.25) is 0 Å². The fourth-order valence-corrected chi connectivity index (χ4v) is 3.69. The SMILES string of the molecule is Fc1ccc(C(c2nnnn2CC2CCCO2)N2CCCC2)cc1. The Balaban J connectivity index is 1.65. The molecule has 2 saturated heterocycles. The van der Waals surface area contributed by atoms with E-state index in [4.69, 9.17) is 4.74 Å². The Kier molecular flexibility index (Phi) is 4.53. The van der Waals surface area contributed by atoms with Gasteiger partial charge in [-0.05, 0) is 66.9 Å². The predicted molar refractivity (Wildman–Crippen MR) is 85.8 cm³/mol. The summed E-state index contributed by atoms with van der Waals surface area (Å²) in [6.45, 7) is 3.51. The predicted octanol–water partition coefficient (Wildman–Crippen LogP) is 2.18. The highest BCUT2D eigenvalue weighted by Crippen LogP contribution is 2.30. The molecule has 0 radical (unpaired) electrons. The number of likely N-dealkylation sites (tertiary alicyclic amines) is 1. The van der Waals surface area contributed by atoms with E-state index in [-0.39, 0.29) is 18.0 Å². The number of aromatic nitrogens is 4. The lowest BCUT2D eigenvalue weighted by Gasteiger charge is -2.27. The minimum atomic E-state index is -0.224. The molecule has 2 aliphatic heterocycles. The number of nitrogens with zero attached hydrogens (tertiary/aromatic N) is 5. The molecule has 2 aromatic rings. The van der Waals surface area contributed by atoms with E-state index in [0.717, 1.165) is 43.9 Å². The minimum absolute atomic E-state index is 0.0375. The molecule has 2 atom stereocenters. The Hall–Kier alpha value is -1.86. The molecule has 0 N–H and O–H groups in total. The van der Waals surface area contributed by atoms with Gasteiger partial charge in [-0.3, -0.25) is 4.90 Å². The highest BCUT2D eigenvalue weighted by atomic mass is 19.1. The Morgan fingerprint density at radius 2 is 1.96 bits per heavy atom. The Bertz CT molecular complexity index is 662. The van der Waals surface area contributed by atoms with E-state index < -0.39 is 0 Å². The molecular formula is C17H22FN5O. The molecule has 0 spiro atoms. The van der Waals surface area contributed by atoms with Gasteiger partial charge in [0.25, 0.3) is 0 Å². The van der Waals surface area contributed by atoms with Crippen molar-refractivity contribution < 1.29 is 9.13 Å². The van der Waals surface area contributed by atoms with Crippen molar-refractivity contribution in [3.8, 4) is 0 Å². The van der Waals surface area contributed by atoms with E-state index in [1.54, 1.807) is 0 Å². The lowest BCUT2D eigenvalue weighted by Crippen LogP contribution is -2.30. The van der Waals surface area contributed by atoms with Crippen LogP contribution in [0, 0.1) is 5.82 Å². The zero-order valence-electron chi connectivity index (χ0n) is 13.6. The van der Waals surface area contributed by atoms with E-state index in [1.165, 1.54) is 25.0 Å². The lowest BCUT2D eigenvalue weighted by atomic mass is 10.0. The second-order valence-corrected chi connectivity index (χ2v) is 6.55. The van der Waals surface area contributed by atoms with Gasteiger partial charge in [-0.15, -0.1) is 5.10 Å². The van der Waals surface area contributed by atoms with E-state index in [2.05, 4.69) is 20.4 Å². The van der Waals surface area contributed by atoms with Gasteiger partial charge >= 0.3 is 0 Å². The first-order valence-corrected chi connectivity index (χ1v) is 8.68. The normalized spacial score (nSPS) is 23.0. The van der Waals surface area contributed by atoms with E-state index >= 15 is 0 Å². The average Bonchev–Trinajstić information content (AvgIpc) is 3.34. The van der Waals surface area contributed by atoms with Crippen molar-refractivity contribution in [2.24, 2.45) is 0 Å². The quantitative estimate of drug-likeness (QED) is 0.840. The van der Waals surface area contributed by atoms with Crippen LogP contribution in [-0.4, -0.2) is 50.9 Å². The smallest absolute Gasteiger partial charge is 0.173 e. The van der Waals surface area contributed by atoms with Crippen LogP contribution >= 0.6 is 0 Å². The van der Waals surface area contributed by atoms with Crippen LogP contribution in [0.4, 0.5) is 4.39 Å². The van der Waals surface area contributed by atoms with Crippen molar-refractivity contribution in [1.82, 2.24) is 25.1 Å². The topological polar surface area (TPSA) is 56.1 Å². The summed E-state index contributed by atoms with van der Waals surface area (Å²) in [4.78, 5) is 2.38. The molecule has 128 valence electrons. The molecule has 4 rings (SSSR count). The van der Waals surface area contributed by atoms with Crippen LogP contribution in [-0.2, 0) is 11.3 Å². The lowest BCUT2D eigenvalue weighted by molar-refractivity contribution is 0.0913. The summed E-state index contributed by atoms with van der Waals surface area (Å²) in [7, 11) is 0. The second kappa shape index (κ2) is 6.94. The van der Waals surface area contributed by atoms with Gasteiger partial charge in [0.05, 0.1) is 18.7 Å². The van der Waals surface area contributed by atoms with Crippen LogP contribution in [0.2, 0.25) is 0 Å². The summed E-state index contributed by atoms with van der Waals surface area (Å²) in [5, 5.41) is 12.4. The van der Waals surface area contributed by atoms with Gasteiger partial charge in [-0.1, -0.05) is 12.1 Å². The van der Waals surface area contributed by atoms with Crippen molar-refractivity contribution in [3.63, 3.8) is 0 Å². The van der Waals surface area contributed by atoms with Crippen molar-refractivity contribution in [1.29, 1.82) is 0 Å². The third-order valence-electron chi connectivity index (χ3n) is 4.90. The van der Waals surface area contributed by atoms with Crippen molar-refractivity contribution >= 4 is 0 Å². The summed E-state index contributed by atoms with van der Waals surface area (Å²) in [5.74, 6) is 0.594. The number of hydrogen-bond donors (Lipinski definition) is 0. The van der Waals surface area contributed by atoms with Gasteiger partial charge in [-0.25, -0.2) is 9.07 Å². The van der Waals surface area contributed by atoms with Crippen molar-refractivity contribution in [2.45, 2.75) is 44.4 Å². The molecule has 0 bridgehead atoms. The molecule has 2 unspecified atom stereocenters. The van der Waals surface area contributed by atoms with Crippen LogP contribution in [0.3, 0.4) is 0 Å². The van der Waals surface area contributed by atoms with Gasteiger partial charge < -0.3 is 4.74 Å². The largest absolute Gasteiger partial charge is 0.376 e. The molecule has 24 heavy (non-hydrogen) atoms. The fraction of sp³-hybridized carbons (Fsp3) is 0.588. The molecule has 0 amide bonds.